The molecule has 2 saturated heterocycles. The van der Waals surface area contributed by atoms with Gasteiger partial charge < -0.3 is 15.0 Å². The standard InChI is InChI=1S/C19H28N2O2/c1-23-18-4-2-16(3-5-18)19(22)17-8-12-21(13-9-17)14-15-6-10-20-11-7-15/h2-5,15,17,20H,6-14H2,1H3. The zero-order chi connectivity index (χ0) is 16.1. The number of hydrogen-bond acceptors (Lipinski definition) is 4. The highest BCUT2D eigenvalue weighted by Gasteiger charge is 2.27. The summed E-state index contributed by atoms with van der Waals surface area (Å²) in [5.74, 6) is 2.13. The van der Waals surface area contributed by atoms with Gasteiger partial charge in [-0.1, -0.05) is 0 Å². The molecule has 2 heterocycles. The molecule has 0 saturated carbocycles. The molecule has 1 aromatic rings. The summed E-state index contributed by atoms with van der Waals surface area (Å²) in [6, 6.07) is 7.53. The minimum absolute atomic E-state index is 0.188. The van der Waals surface area contributed by atoms with Crippen LogP contribution in [0.2, 0.25) is 0 Å². The van der Waals surface area contributed by atoms with Gasteiger partial charge in [-0.25, -0.2) is 0 Å². The minimum Gasteiger partial charge on any atom is -0.497 e. The first-order chi connectivity index (χ1) is 11.3. The Morgan fingerprint density at radius 1 is 1.13 bits per heavy atom. The van der Waals surface area contributed by atoms with Crippen LogP contribution in [0.5, 0.6) is 5.75 Å². The molecule has 0 aromatic heterocycles. The first kappa shape index (κ1) is 16.5. The second kappa shape index (κ2) is 7.93. The van der Waals surface area contributed by atoms with Crippen LogP contribution in [0.3, 0.4) is 0 Å². The molecule has 2 aliphatic heterocycles. The van der Waals surface area contributed by atoms with Crippen LogP contribution in [0, 0.1) is 11.8 Å². The number of Topliss-reactive ketones (excluding diaryl/α,β-unsaturated/α-hetero) is 1. The smallest absolute Gasteiger partial charge is 0.166 e. The molecule has 0 amide bonds. The summed E-state index contributed by atoms with van der Waals surface area (Å²) >= 11 is 0. The van der Waals surface area contributed by atoms with E-state index in [1.165, 1.54) is 19.4 Å². The Bertz CT molecular complexity index is 501. The van der Waals surface area contributed by atoms with E-state index in [1.54, 1.807) is 7.11 Å². The van der Waals surface area contributed by atoms with Crippen molar-refractivity contribution in [3.63, 3.8) is 0 Å². The van der Waals surface area contributed by atoms with Crippen LogP contribution in [0.4, 0.5) is 0 Å². The SMILES string of the molecule is COc1ccc(C(=O)C2CCN(CC3CCNCC3)CC2)cc1. The second-order valence-electron chi connectivity index (χ2n) is 6.86. The maximum absolute atomic E-state index is 12.6. The van der Waals surface area contributed by atoms with Gasteiger partial charge in [0.05, 0.1) is 7.11 Å². The van der Waals surface area contributed by atoms with Crippen LogP contribution >= 0.6 is 0 Å². The van der Waals surface area contributed by atoms with Crippen molar-refractivity contribution in [3.8, 4) is 5.75 Å². The van der Waals surface area contributed by atoms with Crippen LogP contribution in [0.15, 0.2) is 24.3 Å². The zero-order valence-electron chi connectivity index (χ0n) is 14.1. The van der Waals surface area contributed by atoms with Crippen molar-refractivity contribution < 1.29 is 9.53 Å². The van der Waals surface area contributed by atoms with Gasteiger partial charge in [0.25, 0.3) is 0 Å². The third kappa shape index (κ3) is 4.33. The van der Waals surface area contributed by atoms with E-state index >= 15 is 0 Å². The van der Waals surface area contributed by atoms with Crippen LogP contribution in [0.1, 0.15) is 36.0 Å². The Morgan fingerprint density at radius 3 is 2.39 bits per heavy atom. The maximum atomic E-state index is 12.6. The van der Waals surface area contributed by atoms with Gasteiger partial charge >= 0.3 is 0 Å². The number of methoxy groups -OCH3 is 1. The van der Waals surface area contributed by atoms with Crippen LogP contribution in [-0.4, -0.2) is 50.5 Å². The number of rotatable bonds is 5. The normalized spacial score (nSPS) is 21.3. The van der Waals surface area contributed by atoms with Gasteiger partial charge in [0.1, 0.15) is 5.75 Å². The van der Waals surface area contributed by atoms with E-state index in [4.69, 9.17) is 4.74 Å². The monoisotopic (exact) mass is 316 g/mol. The van der Waals surface area contributed by atoms with Crippen LogP contribution in [0.25, 0.3) is 0 Å². The number of nitrogens with one attached hydrogen (secondary N) is 1. The summed E-state index contributed by atoms with van der Waals surface area (Å²) < 4.78 is 5.16. The van der Waals surface area contributed by atoms with Crippen molar-refractivity contribution in [1.82, 2.24) is 10.2 Å². The molecule has 0 spiro atoms. The van der Waals surface area contributed by atoms with Gasteiger partial charge in [-0.2, -0.15) is 0 Å². The van der Waals surface area contributed by atoms with E-state index in [9.17, 15) is 4.79 Å². The summed E-state index contributed by atoms with van der Waals surface area (Å²) in [4.78, 5) is 15.2. The molecule has 1 aromatic carbocycles. The van der Waals surface area contributed by atoms with E-state index < -0.39 is 0 Å². The fourth-order valence-electron chi connectivity index (χ4n) is 3.80. The summed E-state index contributed by atoms with van der Waals surface area (Å²) in [5.41, 5.74) is 0.822. The number of likely N-dealkylation sites (tertiary alicyclic amines) is 1. The molecule has 4 heteroatoms. The highest BCUT2D eigenvalue weighted by Crippen LogP contribution is 2.24. The molecule has 1 N–H and O–H groups in total. The lowest BCUT2D eigenvalue weighted by Gasteiger charge is -2.35. The Morgan fingerprint density at radius 2 is 1.78 bits per heavy atom. The fraction of sp³-hybridized carbons (Fsp3) is 0.632. The summed E-state index contributed by atoms with van der Waals surface area (Å²) in [7, 11) is 1.65. The largest absolute Gasteiger partial charge is 0.497 e. The molecule has 0 aliphatic carbocycles. The van der Waals surface area contributed by atoms with E-state index in [0.29, 0.717) is 5.78 Å². The molecule has 0 bridgehead atoms. The predicted molar refractivity (Wildman–Crippen MR) is 92.1 cm³/mol. The van der Waals surface area contributed by atoms with Crippen molar-refractivity contribution in [1.29, 1.82) is 0 Å². The molecule has 0 atom stereocenters. The highest BCUT2D eigenvalue weighted by atomic mass is 16.5. The molecule has 0 radical (unpaired) electrons. The van der Waals surface area contributed by atoms with Crippen molar-refractivity contribution in [2.45, 2.75) is 25.7 Å². The van der Waals surface area contributed by atoms with E-state index in [-0.39, 0.29) is 5.92 Å². The van der Waals surface area contributed by atoms with Gasteiger partial charge in [-0.05, 0) is 82.0 Å². The third-order valence-corrected chi connectivity index (χ3v) is 5.31. The molecule has 2 aliphatic rings. The molecule has 3 rings (SSSR count). The quantitative estimate of drug-likeness (QED) is 0.848. The van der Waals surface area contributed by atoms with E-state index in [1.807, 2.05) is 24.3 Å². The average molecular weight is 316 g/mol. The highest BCUT2D eigenvalue weighted by molar-refractivity contribution is 5.98. The van der Waals surface area contributed by atoms with Crippen molar-refractivity contribution in [2.75, 3.05) is 39.8 Å². The predicted octanol–water partition coefficient (Wildman–Crippen LogP) is 2.59. The Labute approximate surface area is 139 Å². The van der Waals surface area contributed by atoms with Gasteiger partial charge in [0.15, 0.2) is 5.78 Å². The second-order valence-corrected chi connectivity index (χ2v) is 6.86. The molecular formula is C19H28N2O2. The topological polar surface area (TPSA) is 41.6 Å². The Hall–Kier alpha value is -1.39. The van der Waals surface area contributed by atoms with Gasteiger partial charge in [0, 0.05) is 18.0 Å². The van der Waals surface area contributed by atoms with Crippen LogP contribution < -0.4 is 10.1 Å². The summed E-state index contributed by atoms with van der Waals surface area (Å²) in [6.45, 7) is 5.67. The maximum Gasteiger partial charge on any atom is 0.166 e. The number of carbonyl (C=O) groups excluding carboxylic acids is 1. The number of benzene rings is 1. The Kier molecular flexibility index (Phi) is 5.68. The van der Waals surface area contributed by atoms with Gasteiger partial charge in [-0.15, -0.1) is 0 Å². The molecule has 2 fully saturated rings. The lowest BCUT2D eigenvalue weighted by molar-refractivity contribution is 0.0819. The molecule has 126 valence electrons. The number of nitrogens with zero attached hydrogens (tertiary/aromatic N) is 1. The molecule has 0 unspecified atom stereocenters. The third-order valence-electron chi connectivity index (χ3n) is 5.31. The molecular weight excluding hydrogens is 288 g/mol. The average Bonchev–Trinajstić information content (AvgIpc) is 2.63. The first-order valence-electron chi connectivity index (χ1n) is 8.87. The first-order valence-corrected chi connectivity index (χ1v) is 8.87. The minimum atomic E-state index is 0.188. The number of hydrogen-bond donors (Lipinski definition) is 1. The van der Waals surface area contributed by atoms with Crippen LogP contribution in [-0.2, 0) is 0 Å². The van der Waals surface area contributed by atoms with Crippen molar-refractivity contribution in [2.24, 2.45) is 11.8 Å². The number of piperidine rings is 2. The molecule has 23 heavy (non-hydrogen) atoms. The van der Waals surface area contributed by atoms with Gasteiger partial charge in [-0.3, -0.25) is 4.79 Å². The summed E-state index contributed by atoms with van der Waals surface area (Å²) in [5, 5.41) is 3.43. The number of ether oxygens (including phenoxy) is 1. The van der Waals surface area contributed by atoms with Gasteiger partial charge in [0.2, 0.25) is 0 Å². The fourth-order valence-corrected chi connectivity index (χ4v) is 3.80. The lowest BCUT2D eigenvalue weighted by atomic mass is 9.88. The summed E-state index contributed by atoms with van der Waals surface area (Å²) in [6.07, 6.45) is 4.58. The lowest BCUT2D eigenvalue weighted by Crippen LogP contribution is -2.41. The Balaban J connectivity index is 1.48. The van der Waals surface area contributed by atoms with E-state index in [0.717, 1.165) is 56.3 Å². The van der Waals surface area contributed by atoms with Crippen molar-refractivity contribution in [3.05, 3.63) is 29.8 Å². The number of carbonyl (C=O) groups is 1. The zero-order valence-corrected chi connectivity index (χ0v) is 14.1. The molecule has 4 nitrogen and oxygen atoms in total. The van der Waals surface area contributed by atoms with E-state index in [2.05, 4.69) is 10.2 Å². The number of ketones is 1. The van der Waals surface area contributed by atoms with Crippen molar-refractivity contribution >= 4 is 5.78 Å².